The van der Waals surface area contributed by atoms with Gasteiger partial charge in [-0.15, -0.1) is 0 Å². The number of likely N-dealkylation sites (N-methyl/N-ethyl adjacent to an activating group) is 1. The molecule has 3 fully saturated rings. The van der Waals surface area contributed by atoms with Gasteiger partial charge in [-0.25, -0.2) is 0 Å². The maximum absolute atomic E-state index is 3.65. The summed E-state index contributed by atoms with van der Waals surface area (Å²) < 4.78 is 0. The van der Waals surface area contributed by atoms with E-state index in [4.69, 9.17) is 0 Å². The van der Waals surface area contributed by atoms with Crippen molar-refractivity contribution >= 4 is 0 Å². The molecule has 0 spiro atoms. The summed E-state index contributed by atoms with van der Waals surface area (Å²) in [5, 5.41) is 3.65. The van der Waals surface area contributed by atoms with Gasteiger partial charge in [-0.2, -0.15) is 0 Å². The minimum Gasteiger partial charge on any atom is -0.315 e. The number of rotatable bonds is 2. The van der Waals surface area contributed by atoms with E-state index in [9.17, 15) is 0 Å². The summed E-state index contributed by atoms with van der Waals surface area (Å²) >= 11 is 0. The first kappa shape index (κ1) is 15.8. The van der Waals surface area contributed by atoms with Crippen LogP contribution < -0.4 is 5.32 Å². The Kier molecular flexibility index (Phi) is 5.58. The van der Waals surface area contributed by atoms with Crippen molar-refractivity contribution < 1.29 is 0 Å². The fourth-order valence-electron chi connectivity index (χ4n) is 5.22. The lowest BCUT2D eigenvalue weighted by Crippen LogP contribution is -2.58. The molecule has 0 bridgehead atoms. The van der Waals surface area contributed by atoms with E-state index in [0.29, 0.717) is 0 Å². The summed E-state index contributed by atoms with van der Waals surface area (Å²) in [5.74, 6) is 0.931. The monoisotopic (exact) mass is 293 g/mol. The van der Waals surface area contributed by atoms with Gasteiger partial charge >= 0.3 is 0 Å². The van der Waals surface area contributed by atoms with Crippen LogP contribution >= 0.6 is 0 Å². The van der Waals surface area contributed by atoms with Gasteiger partial charge in [0.15, 0.2) is 0 Å². The third-order valence-corrected chi connectivity index (χ3v) is 6.45. The van der Waals surface area contributed by atoms with Gasteiger partial charge in [-0.3, -0.25) is 4.90 Å². The molecule has 3 nitrogen and oxygen atoms in total. The number of hydrogen-bond acceptors (Lipinski definition) is 3. The Morgan fingerprint density at radius 1 is 0.810 bits per heavy atom. The molecule has 4 unspecified atom stereocenters. The summed E-state index contributed by atoms with van der Waals surface area (Å²) in [6.45, 7) is 4.01. The number of fused-ring (bicyclic) bond motifs is 1. The molecular weight excluding hydrogens is 258 g/mol. The molecule has 0 aromatic heterocycles. The van der Waals surface area contributed by atoms with Gasteiger partial charge < -0.3 is 10.2 Å². The Morgan fingerprint density at radius 3 is 2.43 bits per heavy atom. The normalized spacial score (nSPS) is 40.3. The smallest absolute Gasteiger partial charge is 0.0249 e. The second-order valence-corrected chi connectivity index (χ2v) is 7.69. The van der Waals surface area contributed by atoms with Crippen LogP contribution in [0.5, 0.6) is 0 Å². The van der Waals surface area contributed by atoms with Gasteiger partial charge in [0.25, 0.3) is 0 Å². The fourth-order valence-corrected chi connectivity index (χ4v) is 5.22. The van der Waals surface area contributed by atoms with Gasteiger partial charge in [0, 0.05) is 31.2 Å². The van der Waals surface area contributed by atoms with Crippen LogP contribution in [0.1, 0.15) is 57.8 Å². The Bertz CT molecular complexity index is 320. The zero-order chi connectivity index (χ0) is 14.7. The van der Waals surface area contributed by atoms with Gasteiger partial charge in [0.05, 0.1) is 0 Å². The van der Waals surface area contributed by atoms with Crippen molar-refractivity contribution in [1.29, 1.82) is 0 Å². The summed E-state index contributed by atoms with van der Waals surface area (Å²) in [4.78, 5) is 5.51. The third kappa shape index (κ3) is 3.62. The molecule has 3 rings (SSSR count). The summed E-state index contributed by atoms with van der Waals surface area (Å²) in [7, 11) is 4.53. The van der Waals surface area contributed by atoms with E-state index in [1.165, 1.54) is 77.4 Å². The molecule has 2 saturated heterocycles. The number of nitrogens with one attached hydrogen (secondary N) is 1. The second-order valence-electron chi connectivity index (χ2n) is 7.69. The van der Waals surface area contributed by atoms with Gasteiger partial charge in [0.1, 0.15) is 0 Å². The van der Waals surface area contributed by atoms with Crippen molar-refractivity contribution in [3.63, 3.8) is 0 Å². The van der Waals surface area contributed by atoms with E-state index in [-0.39, 0.29) is 0 Å². The molecule has 21 heavy (non-hydrogen) atoms. The average Bonchev–Trinajstić information content (AvgIpc) is 2.47. The minimum absolute atomic E-state index is 0.725. The maximum atomic E-state index is 3.65. The van der Waals surface area contributed by atoms with E-state index in [0.717, 1.165) is 24.0 Å². The first-order valence-electron chi connectivity index (χ1n) is 9.41. The van der Waals surface area contributed by atoms with Crippen molar-refractivity contribution in [2.45, 2.75) is 75.9 Å². The Hall–Kier alpha value is -0.120. The Balaban J connectivity index is 1.64. The highest BCUT2D eigenvalue weighted by atomic mass is 15.2. The molecule has 1 aliphatic carbocycles. The number of piperidine rings is 2. The lowest BCUT2D eigenvalue weighted by atomic mass is 9.82. The predicted molar refractivity (Wildman–Crippen MR) is 89.7 cm³/mol. The zero-order valence-corrected chi connectivity index (χ0v) is 14.2. The molecule has 122 valence electrons. The van der Waals surface area contributed by atoms with E-state index < -0.39 is 0 Å². The molecule has 2 heterocycles. The first-order chi connectivity index (χ1) is 10.3. The van der Waals surface area contributed by atoms with Crippen molar-refractivity contribution in [1.82, 2.24) is 15.1 Å². The van der Waals surface area contributed by atoms with Crippen LogP contribution in [-0.2, 0) is 0 Å². The van der Waals surface area contributed by atoms with Crippen LogP contribution in [-0.4, -0.2) is 61.7 Å². The number of nitrogens with zero attached hydrogens (tertiary/aromatic N) is 2. The van der Waals surface area contributed by atoms with Crippen LogP contribution in [0.2, 0.25) is 0 Å². The molecule has 0 amide bonds. The highest BCUT2D eigenvalue weighted by Gasteiger charge is 2.37. The SMILES string of the molecule is CNC1CCCCCCC1N1CCC2C(CCCN2C)C1. The molecule has 0 aromatic carbocycles. The standard InChI is InChI=1S/C18H35N3/c1-19-16-9-5-3-4-6-10-18(16)21-13-11-17-15(14-21)8-7-12-20(17)2/h15-19H,3-14H2,1-2H3. The quantitative estimate of drug-likeness (QED) is 0.844. The Morgan fingerprint density at radius 2 is 1.62 bits per heavy atom. The second kappa shape index (κ2) is 7.43. The van der Waals surface area contributed by atoms with Gasteiger partial charge in [0.2, 0.25) is 0 Å². The lowest BCUT2D eigenvalue weighted by molar-refractivity contribution is 0.00801. The highest BCUT2D eigenvalue weighted by molar-refractivity contribution is 4.94. The largest absolute Gasteiger partial charge is 0.315 e. The number of hydrogen-bond donors (Lipinski definition) is 1. The first-order valence-corrected chi connectivity index (χ1v) is 9.41. The van der Waals surface area contributed by atoms with Crippen molar-refractivity contribution in [2.75, 3.05) is 33.7 Å². The zero-order valence-electron chi connectivity index (χ0n) is 14.2. The molecule has 4 atom stereocenters. The van der Waals surface area contributed by atoms with E-state index >= 15 is 0 Å². The fraction of sp³-hybridized carbons (Fsp3) is 1.00. The molecule has 1 N–H and O–H groups in total. The van der Waals surface area contributed by atoms with Crippen LogP contribution in [0, 0.1) is 5.92 Å². The molecule has 1 saturated carbocycles. The highest BCUT2D eigenvalue weighted by Crippen LogP contribution is 2.32. The molecule has 3 aliphatic rings. The van der Waals surface area contributed by atoms with Crippen LogP contribution in [0.3, 0.4) is 0 Å². The summed E-state index contributed by atoms with van der Waals surface area (Å²) in [5.41, 5.74) is 0. The third-order valence-electron chi connectivity index (χ3n) is 6.45. The number of likely N-dealkylation sites (tertiary alicyclic amines) is 2. The van der Waals surface area contributed by atoms with E-state index in [1.54, 1.807) is 0 Å². The van der Waals surface area contributed by atoms with Gasteiger partial charge in [-0.1, -0.05) is 25.7 Å². The molecule has 2 aliphatic heterocycles. The summed E-state index contributed by atoms with van der Waals surface area (Å²) in [6.07, 6.45) is 12.8. The van der Waals surface area contributed by atoms with E-state index in [2.05, 4.69) is 29.2 Å². The Labute approximate surface area is 131 Å². The maximum Gasteiger partial charge on any atom is 0.0249 e. The minimum atomic E-state index is 0.725. The molecule has 0 aromatic rings. The molecular formula is C18H35N3. The van der Waals surface area contributed by atoms with Gasteiger partial charge in [-0.05, 0) is 58.7 Å². The van der Waals surface area contributed by atoms with Crippen LogP contribution in [0.4, 0.5) is 0 Å². The topological polar surface area (TPSA) is 18.5 Å². The van der Waals surface area contributed by atoms with Crippen molar-refractivity contribution in [2.24, 2.45) is 5.92 Å². The van der Waals surface area contributed by atoms with Crippen LogP contribution in [0.25, 0.3) is 0 Å². The van der Waals surface area contributed by atoms with E-state index in [1.807, 2.05) is 0 Å². The summed E-state index contributed by atoms with van der Waals surface area (Å²) in [6, 6.07) is 2.39. The van der Waals surface area contributed by atoms with Crippen molar-refractivity contribution in [3.05, 3.63) is 0 Å². The lowest BCUT2D eigenvalue weighted by Gasteiger charge is -2.49. The van der Waals surface area contributed by atoms with Crippen molar-refractivity contribution in [3.8, 4) is 0 Å². The average molecular weight is 293 g/mol. The predicted octanol–water partition coefficient (Wildman–Crippen LogP) is 2.71. The molecule has 3 heteroatoms. The van der Waals surface area contributed by atoms with Crippen LogP contribution in [0.15, 0.2) is 0 Å². The molecule has 0 radical (unpaired) electrons.